The Morgan fingerprint density at radius 1 is 1.33 bits per heavy atom. The molecule has 1 N–H and O–H groups in total. The van der Waals surface area contributed by atoms with Gasteiger partial charge in [0.05, 0.1) is 4.47 Å². The van der Waals surface area contributed by atoms with E-state index in [9.17, 15) is 0 Å². The van der Waals surface area contributed by atoms with Gasteiger partial charge in [0.2, 0.25) is 0 Å². The first kappa shape index (κ1) is 9.43. The van der Waals surface area contributed by atoms with E-state index >= 15 is 0 Å². The predicted octanol–water partition coefficient (Wildman–Crippen LogP) is 3.27. The summed E-state index contributed by atoms with van der Waals surface area (Å²) in [5.74, 6) is 1.62. The Hall–Kier alpha value is -0.800. The molecule has 3 rings (SSSR count). The zero-order valence-electron chi connectivity index (χ0n) is 8.29. The highest BCUT2D eigenvalue weighted by Crippen LogP contribution is 2.37. The fourth-order valence-corrected chi connectivity index (χ4v) is 2.91. The Morgan fingerprint density at radius 3 is 2.93 bits per heavy atom. The van der Waals surface area contributed by atoms with E-state index in [1.807, 2.05) is 18.2 Å². The average Bonchev–Trinajstić information content (AvgIpc) is 2.87. The average molecular weight is 266 g/mol. The third-order valence-corrected chi connectivity index (χ3v) is 3.81. The van der Waals surface area contributed by atoms with Crippen molar-refractivity contribution in [2.24, 2.45) is 0 Å². The molecule has 1 saturated heterocycles. The van der Waals surface area contributed by atoms with Gasteiger partial charge in [-0.1, -0.05) is 12.1 Å². The maximum Gasteiger partial charge on any atom is 0.135 e. The maximum atomic E-state index is 5.90. The molecule has 1 atom stereocenters. The van der Waals surface area contributed by atoms with Crippen LogP contribution in [0.4, 0.5) is 0 Å². The molecule has 3 heteroatoms. The van der Waals surface area contributed by atoms with E-state index in [2.05, 4.69) is 27.3 Å². The molecule has 1 aliphatic rings. The Kier molecular flexibility index (Phi) is 2.29. The Balaban J connectivity index is 2.14. The molecule has 0 aliphatic carbocycles. The van der Waals surface area contributed by atoms with Crippen LogP contribution in [-0.2, 0) is 0 Å². The van der Waals surface area contributed by atoms with Crippen LogP contribution in [0.5, 0.6) is 0 Å². The lowest BCUT2D eigenvalue weighted by molar-refractivity contribution is 0.502. The third kappa shape index (κ3) is 1.50. The first-order chi connectivity index (χ1) is 7.36. The van der Waals surface area contributed by atoms with Gasteiger partial charge >= 0.3 is 0 Å². The van der Waals surface area contributed by atoms with Crippen molar-refractivity contribution in [3.63, 3.8) is 0 Å². The van der Waals surface area contributed by atoms with Gasteiger partial charge in [0.15, 0.2) is 0 Å². The highest BCUT2D eigenvalue weighted by Gasteiger charge is 2.23. The van der Waals surface area contributed by atoms with Crippen molar-refractivity contribution >= 4 is 26.9 Å². The number of halogens is 1. The zero-order valence-corrected chi connectivity index (χ0v) is 9.88. The second-order valence-corrected chi connectivity index (χ2v) is 4.76. The molecule has 15 heavy (non-hydrogen) atoms. The number of fused-ring (bicyclic) bond motifs is 1. The fraction of sp³-hybridized carbons (Fsp3) is 0.333. The summed E-state index contributed by atoms with van der Waals surface area (Å²) in [6.07, 6.45) is 1.17. The molecular weight excluding hydrogens is 254 g/mol. The summed E-state index contributed by atoms with van der Waals surface area (Å²) < 4.78 is 7.03. The van der Waals surface area contributed by atoms with Crippen LogP contribution in [0, 0.1) is 0 Å². The van der Waals surface area contributed by atoms with Crippen molar-refractivity contribution in [1.82, 2.24) is 5.32 Å². The minimum Gasteiger partial charge on any atom is -0.460 e. The van der Waals surface area contributed by atoms with Crippen LogP contribution in [0.1, 0.15) is 18.1 Å². The number of rotatable bonds is 1. The number of para-hydroxylation sites is 1. The van der Waals surface area contributed by atoms with Gasteiger partial charge in [-0.05, 0) is 41.0 Å². The van der Waals surface area contributed by atoms with E-state index in [1.165, 1.54) is 11.8 Å². The maximum absolute atomic E-state index is 5.90. The van der Waals surface area contributed by atoms with Gasteiger partial charge in [0.1, 0.15) is 11.3 Å². The summed E-state index contributed by atoms with van der Waals surface area (Å²) in [5.41, 5.74) is 0.978. The van der Waals surface area contributed by atoms with Gasteiger partial charge in [0, 0.05) is 17.8 Å². The van der Waals surface area contributed by atoms with Crippen LogP contribution in [0.25, 0.3) is 11.0 Å². The quantitative estimate of drug-likeness (QED) is 0.856. The lowest BCUT2D eigenvalue weighted by Crippen LogP contribution is -2.07. The molecule has 1 unspecified atom stereocenters. The summed E-state index contributed by atoms with van der Waals surface area (Å²) in [6.45, 7) is 2.12. The molecular formula is C12H12BrNO. The van der Waals surface area contributed by atoms with Gasteiger partial charge in [-0.3, -0.25) is 0 Å². The van der Waals surface area contributed by atoms with Gasteiger partial charge in [0.25, 0.3) is 0 Å². The standard InChI is InChI=1S/C12H12BrNO/c13-11-9-3-1-2-4-10(9)15-12(11)8-5-6-14-7-8/h1-4,8,14H,5-7H2. The SMILES string of the molecule is Brc1c(C2CCNC2)oc2ccccc12. The smallest absolute Gasteiger partial charge is 0.135 e. The predicted molar refractivity (Wildman–Crippen MR) is 64.1 cm³/mol. The van der Waals surface area contributed by atoms with Crippen LogP contribution in [0.2, 0.25) is 0 Å². The zero-order chi connectivity index (χ0) is 10.3. The van der Waals surface area contributed by atoms with Crippen molar-refractivity contribution in [2.75, 3.05) is 13.1 Å². The largest absolute Gasteiger partial charge is 0.460 e. The van der Waals surface area contributed by atoms with Crippen LogP contribution >= 0.6 is 15.9 Å². The normalized spacial score (nSPS) is 21.3. The molecule has 0 amide bonds. The summed E-state index contributed by atoms with van der Waals surface area (Å²) in [7, 11) is 0. The molecule has 0 saturated carbocycles. The number of furan rings is 1. The van der Waals surface area contributed by atoms with Crippen molar-refractivity contribution < 1.29 is 4.42 Å². The number of benzene rings is 1. The van der Waals surface area contributed by atoms with Crippen molar-refractivity contribution in [3.05, 3.63) is 34.5 Å². The minimum atomic E-state index is 0.520. The second-order valence-electron chi connectivity index (χ2n) is 3.97. The van der Waals surface area contributed by atoms with Gasteiger partial charge in [-0.15, -0.1) is 0 Å². The highest BCUT2D eigenvalue weighted by molar-refractivity contribution is 9.10. The Bertz CT molecular complexity index is 485. The fourth-order valence-electron chi connectivity index (χ4n) is 2.17. The molecule has 2 heterocycles. The molecule has 1 fully saturated rings. The summed E-state index contributed by atoms with van der Waals surface area (Å²) >= 11 is 3.64. The lowest BCUT2D eigenvalue weighted by Gasteiger charge is -2.03. The number of hydrogen-bond donors (Lipinski definition) is 1. The lowest BCUT2D eigenvalue weighted by atomic mass is 10.1. The molecule has 0 spiro atoms. The molecule has 2 nitrogen and oxygen atoms in total. The van der Waals surface area contributed by atoms with Crippen LogP contribution in [0.3, 0.4) is 0 Å². The Morgan fingerprint density at radius 2 is 2.20 bits per heavy atom. The van der Waals surface area contributed by atoms with E-state index in [0.717, 1.165) is 28.9 Å². The molecule has 2 aromatic rings. The molecule has 78 valence electrons. The van der Waals surface area contributed by atoms with Crippen molar-refractivity contribution in [2.45, 2.75) is 12.3 Å². The van der Waals surface area contributed by atoms with E-state index in [4.69, 9.17) is 4.42 Å². The molecule has 1 aromatic carbocycles. The number of nitrogens with one attached hydrogen (secondary N) is 1. The van der Waals surface area contributed by atoms with E-state index in [0.29, 0.717) is 5.92 Å². The first-order valence-corrected chi connectivity index (χ1v) is 6.03. The molecule has 1 aliphatic heterocycles. The Labute approximate surface area is 96.8 Å². The number of hydrogen-bond acceptors (Lipinski definition) is 2. The van der Waals surface area contributed by atoms with E-state index in [-0.39, 0.29) is 0 Å². The van der Waals surface area contributed by atoms with Gasteiger partial charge < -0.3 is 9.73 Å². The summed E-state index contributed by atoms with van der Waals surface area (Å²) in [4.78, 5) is 0. The summed E-state index contributed by atoms with van der Waals surface area (Å²) in [5, 5.41) is 4.54. The monoisotopic (exact) mass is 265 g/mol. The third-order valence-electron chi connectivity index (χ3n) is 2.99. The van der Waals surface area contributed by atoms with Crippen LogP contribution < -0.4 is 5.32 Å². The second kappa shape index (κ2) is 3.65. The van der Waals surface area contributed by atoms with E-state index < -0.39 is 0 Å². The van der Waals surface area contributed by atoms with Gasteiger partial charge in [-0.2, -0.15) is 0 Å². The van der Waals surface area contributed by atoms with Gasteiger partial charge in [-0.25, -0.2) is 0 Å². The minimum absolute atomic E-state index is 0.520. The van der Waals surface area contributed by atoms with Crippen molar-refractivity contribution in [1.29, 1.82) is 0 Å². The molecule has 0 bridgehead atoms. The molecule has 0 radical (unpaired) electrons. The highest BCUT2D eigenvalue weighted by atomic mass is 79.9. The molecule has 1 aromatic heterocycles. The summed E-state index contributed by atoms with van der Waals surface area (Å²) in [6, 6.07) is 8.16. The topological polar surface area (TPSA) is 25.2 Å². The van der Waals surface area contributed by atoms with E-state index in [1.54, 1.807) is 0 Å². The van der Waals surface area contributed by atoms with Crippen LogP contribution in [-0.4, -0.2) is 13.1 Å². The van der Waals surface area contributed by atoms with Crippen molar-refractivity contribution in [3.8, 4) is 0 Å². The first-order valence-electron chi connectivity index (χ1n) is 5.24. The van der Waals surface area contributed by atoms with Crippen LogP contribution in [0.15, 0.2) is 33.2 Å².